The number of halogens is 1. The summed E-state index contributed by atoms with van der Waals surface area (Å²) in [7, 11) is 6.77. The van der Waals surface area contributed by atoms with Crippen LogP contribution in [0, 0.1) is 0 Å². The lowest BCUT2D eigenvalue weighted by Crippen LogP contribution is -3.00. The molecule has 0 radical (unpaired) electrons. The number of unbranched alkanes of at least 4 members (excludes halogenated alkanes) is 8. The van der Waals surface area contributed by atoms with Crippen molar-refractivity contribution in [3.63, 3.8) is 0 Å². The summed E-state index contributed by atoms with van der Waals surface area (Å²) in [4.78, 5) is 10.8. The monoisotopic (exact) mass is 363 g/mol. The van der Waals surface area contributed by atoms with Crippen LogP contribution in [0.3, 0.4) is 0 Å². The molecular formula is C17H34BrNO2. The number of hydrogen-bond acceptors (Lipinski definition) is 2. The number of esters is 1. The minimum absolute atomic E-state index is 0. The normalized spacial score (nSPS) is 10.8. The summed E-state index contributed by atoms with van der Waals surface area (Å²) in [5.74, 6) is -0.307. The van der Waals surface area contributed by atoms with Gasteiger partial charge >= 0.3 is 5.97 Å². The van der Waals surface area contributed by atoms with Crippen molar-refractivity contribution in [1.29, 1.82) is 0 Å². The van der Waals surface area contributed by atoms with E-state index >= 15 is 0 Å². The maximum absolute atomic E-state index is 10.8. The Balaban J connectivity index is 0. The van der Waals surface area contributed by atoms with Crippen molar-refractivity contribution in [3.05, 3.63) is 12.7 Å². The summed E-state index contributed by atoms with van der Waals surface area (Å²) in [6.07, 6.45) is 12.7. The van der Waals surface area contributed by atoms with Crippen molar-refractivity contribution in [2.75, 3.05) is 34.3 Å². The average Bonchev–Trinajstić information content (AvgIpc) is 2.38. The van der Waals surface area contributed by atoms with Crippen LogP contribution in [-0.2, 0) is 9.53 Å². The van der Waals surface area contributed by atoms with Crippen LogP contribution in [-0.4, -0.2) is 44.7 Å². The van der Waals surface area contributed by atoms with E-state index in [1.54, 1.807) is 0 Å². The van der Waals surface area contributed by atoms with Gasteiger partial charge in [0.25, 0.3) is 0 Å². The molecular weight excluding hydrogens is 330 g/mol. The summed E-state index contributed by atoms with van der Waals surface area (Å²) in [6.45, 7) is 5.19. The predicted molar refractivity (Wildman–Crippen MR) is 85.6 cm³/mol. The minimum Gasteiger partial charge on any atom is -1.00 e. The number of ether oxygens (including phenoxy) is 1. The average molecular weight is 364 g/mol. The summed E-state index contributed by atoms with van der Waals surface area (Å²) in [5, 5.41) is 0. The first-order valence-corrected chi connectivity index (χ1v) is 8.05. The molecule has 0 aromatic rings. The van der Waals surface area contributed by atoms with Crippen molar-refractivity contribution < 1.29 is 31.0 Å². The van der Waals surface area contributed by atoms with Gasteiger partial charge in [-0.25, -0.2) is 4.79 Å². The molecule has 126 valence electrons. The summed E-state index contributed by atoms with van der Waals surface area (Å²) >= 11 is 0. The van der Waals surface area contributed by atoms with Crippen LogP contribution in [0.5, 0.6) is 0 Å². The first-order valence-electron chi connectivity index (χ1n) is 8.05. The molecule has 0 atom stereocenters. The van der Waals surface area contributed by atoms with Gasteiger partial charge in [-0.1, -0.05) is 45.1 Å². The molecule has 0 saturated heterocycles. The second-order valence-electron chi connectivity index (χ2n) is 6.57. The zero-order valence-electron chi connectivity index (χ0n) is 14.2. The molecule has 0 heterocycles. The Morgan fingerprint density at radius 3 is 1.76 bits per heavy atom. The minimum atomic E-state index is -0.307. The van der Waals surface area contributed by atoms with Crippen molar-refractivity contribution in [2.45, 2.75) is 57.8 Å². The summed E-state index contributed by atoms with van der Waals surface area (Å²) in [5.41, 5.74) is 0. The second kappa shape index (κ2) is 14.6. The van der Waals surface area contributed by atoms with Gasteiger partial charge in [-0.15, -0.1) is 0 Å². The smallest absolute Gasteiger partial charge is 0.330 e. The third kappa shape index (κ3) is 19.6. The summed E-state index contributed by atoms with van der Waals surface area (Å²) in [6, 6.07) is 0. The number of hydrogen-bond donors (Lipinski definition) is 0. The highest BCUT2D eigenvalue weighted by Crippen LogP contribution is 2.10. The Labute approximate surface area is 142 Å². The Morgan fingerprint density at radius 1 is 0.905 bits per heavy atom. The second-order valence-corrected chi connectivity index (χ2v) is 6.57. The standard InChI is InChI=1S/C17H34NO2.BrH/c1-5-17(19)20-16-14-12-10-8-6-7-9-11-13-15-18(2,3)4;/h5H,1,6-16H2,2-4H3;1H/q+1;/p-1. The van der Waals surface area contributed by atoms with Gasteiger partial charge in [-0.2, -0.15) is 0 Å². The molecule has 0 aliphatic rings. The van der Waals surface area contributed by atoms with Crippen molar-refractivity contribution in [2.24, 2.45) is 0 Å². The molecule has 3 nitrogen and oxygen atoms in total. The number of carbonyl (C=O) groups excluding carboxylic acids is 1. The molecule has 0 N–H and O–H groups in total. The molecule has 4 heteroatoms. The van der Waals surface area contributed by atoms with E-state index in [9.17, 15) is 4.79 Å². The molecule has 0 fully saturated rings. The fraction of sp³-hybridized carbons (Fsp3) is 0.824. The van der Waals surface area contributed by atoms with E-state index in [2.05, 4.69) is 27.7 Å². The molecule has 0 aromatic carbocycles. The van der Waals surface area contributed by atoms with Crippen LogP contribution in [0.1, 0.15) is 57.8 Å². The lowest BCUT2D eigenvalue weighted by Gasteiger charge is -2.23. The fourth-order valence-electron chi connectivity index (χ4n) is 2.16. The molecule has 0 bridgehead atoms. The van der Waals surface area contributed by atoms with E-state index in [1.807, 2.05) is 0 Å². The van der Waals surface area contributed by atoms with Gasteiger partial charge in [0, 0.05) is 6.08 Å². The van der Waals surface area contributed by atoms with Crippen LogP contribution < -0.4 is 17.0 Å². The molecule has 0 aliphatic carbocycles. The van der Waals surface area contributed by atoms with E-state index in [0.717, 1.165) is 17.3 Å². The SMILES string of the molecule is C=CC(=O)OCCCCCCCCCCC[N+](C)(C)C.[Br-]. The van der Waals surface area contributed by atoms with Gasteiger partial charge in [0.05, 0.1) is 34.3 Å². The van der Waals surface area contributed by atoms with Crippen LogP contribution in [0.2, 0.25) is 0 Å². The third-order valence-corrected chi connectivity index (χ3v) is 3.38. The quantitative estimate of drug-likeness (QED) is 0.210. The van der Waals surface area contributed by atoms with Crippen molar-refractivity contribution in [1.82, 2.24) is 0 Å². The lowest BCUT2D eigenvalue weighted by atomic mass is 10.1. The number of rotatable bonds is 13. The molecule has 0 amide bonds. The number of carbonyl (C=O) groups is 1. The van der Waals surface area contributed by atoms with Gasteiger partial charge in [-0.05, 0) is 19.3 Å². The molecule has 0 saturated carbocycles. The van der Waals surface area contributed by atoms with E-state index < -0.39 is 0 Å². The van der Waals surface area contributed by atoms with Gasteiger partial charge in [-0.3, -0.25) is 0 Å². The zero-order valence-corrected chi connectivity index (χ0v) is 15.8. The zero-order chi connectivity index (χ0) is 15.3. The number of quaternary nitrogens is 1. The Morgan fingerprint density at radius 2 is 1.33 bits per heavy atom. The highest BCUT2D eigenvalue weighted by Gasteiger charge is 2.04. The molecule has 0 aromatic heterocycles. The Kier molecular flexibility index (Phi) is 15.9. The van der Waals surface area contributed by atoms with Gasteiger partial charge in [0.2, 0.25) is 0 Å². The highest BCUT2D eigenvalue weighted by molar-refractivity contribution is 5.81. The molecule has 0 unspecified atom stereocenters. The van der Waals surface area contributed by atoms with Crippen LogP contribution in [0.15, 0.2) is 12.7 Å². The lowest BCUT2D eigenvalue weighted by molar-refractivity contribution is -0.870. The topological polar surface area (TPSA) is 26.3 Å². The van der Waals surface area contributed by atoms with Crippen LogP contribution in [0.25, 0.3) is 0 Å². The molecule has 0 aliphatic heterocycles. The van der Waals surface area contributed by atoms with Crippen LogP contribution >= 0.6 is 0 Å². The van der Waals surface area contributed by atoms with Crippen molar-refractivity contribution >= 4 is 5.97 Å². The van der Waals surface area contributed by atoms with Gasteiger partial charge in [0.15, 0.2) is 0 Å². The highest BCUT2D eigenvalue weighted by atomic mass is 79.9. The summed E-state index contributed by atoms with van der Waals surface area (Å²) < 4.78 is 6.01. The van der Waals surface area contributed by atoms with Crippen LogP contribution in [0.4, 0.5) is 0 Å². The predicted octanol–water partition coefficient (Wildman–Crippen LogP) is 0.937. The van der Waals surface area contributed by atoms with E-state index in [-0.39, 0.29) is 23.0 Å². The Hall–Kier alpha value is -0.350. The van der Waals surface area contributed by atoms with Gasteiger partial charge in [0.1, 0.15) is 0 Å². The maximum Gasteiger partial charge on any atom is 0.330 e. The molecule has 21 heavy (non-hydrogen) atoms. The largest absolute Gasteiger partial charge is 1.00 e. The van der Waals surface area contributed by atoms with Gasteiger partial charge < -0.3 is 26.2 Å². The first kappa shape index (κ1) is 22.9. The van der Waals surface area contributed by atoms with E-state index in [1.165, 1.54) is 57.6 Å². The van der Waals surface area contributed by atoms with E-state index in [4.69, 9.17) is 4.74 Å². The molecule has 0 rings (SSSR count). The Bertz CT molecular complexity index is 262. The third-order valence-electron chi connectivity index (χ3n) is 3.38. The first-order chi connectivity index (χ1) is 9.45. The maximum atomic E-state index is 10.8. The van der Waals surface area contributed by atoms with Crippen molar-refractivity contribution in [3.8, 4) is 0 Å². The number of nitrogens with zero attached hydrogens (tertiary/aromatic N) is 1. The fourth-order valence-corrected chi connectivity index (χ4v) is 2.16. The van der Waals surface area contributed by atoms with E-state index in [0.29, 0.717) is 6.61 Å². The molecule has 0 spiro atoms.